The number of aliphatic hydroxyl groups excluding tert-OH is 1. The molecule has 0 bridgehead atoms. The highest BCUT2D eigenvalue weighted by Gasteiger charge is 2.19. The van der Waals surface area contributed by atoms with E-state index in [4.69, 9.17) is 9.84 Å². The van der Waals surface area contributed by atoms with Gasteiger partial charge in [-0.1, -0.05) is 26.0 Å². The molecule has 3 N–H and O–H groups in total. The van der Waals surface area contributed by atoms with Crippen LogP contribution in [0.25, 0.3) is 11.3 Å². The lowest BCUT2D eigenvalue weighted by Gasteiger charge is -2.23. The maximum atomic E-state index is 12.2. The third-order valence-electron chi connectivity index (χ3n) is 3.70. The molecule has 0 saturated heterocycles. The van der Waals surface area contributed by atoms with Crippen LogP contribution in [0, 0.1) is 5.41 Å². The van der Waals surface area contributed by atoms with E-state index in [9.17, 15) is 4.79 Å². The normalized spacial score (nSPS) is 11.3. The summed E-state index contributed by atoms with van der Waals surface area (Å²) in [7, 11) is 1.61. The van der Waals surface area contributed by atoms with Crippen molar-refractivity contribution in [3.63, 3.8) is 0 Å². The number of carbonyl (C=O) groups is 1. The number of amides is 1. The zero-order valence-corrected chi connectivity index (χ0v) is 13.7. The lowest BCUT2D eigenvalue weighted by molar-refractivity contribution is 0.0923. The first kappa shape index (κ1) is 17.0. The van der Waals surface area contributed by atoms with Gasteiger partial charge in [0.15, 0.2) is 0 Å². The third-order valence-corrected chi connectivity index (χ3v) is 3.70. The molecule has 23 heavy (non-hydrogen) atoms. The van der Waals surface area contributed by atoms with Gasteiger partial charge < -0.3 is 15.2 Å². The van der Waals surface area contributed by atoms with Crippen LogP contribution in [-0.2, 0) is 0 Å². The summed E-state index contributed by atoms with van der Waals surface area (Å²) in [5, 5.41) is 18.8. The maximum Gasteiger partial charge on any atom is 0.269 e. The number of hydrogen-bond acceptors (Lipinski definition) is 4. The molecule has 0 aliphatic heterocycles. The quantitative estimate of drug-likeness (QED) is 0.731. The fourth-order valence-electron chi connectivity index (χ4n) is 2.17. The average molecular weight is 317 g/mol. The van der Waals surface area contributed by atoms with E-state index >= 15 is 0 Å². The predicted octanol–water partition coefficient (Wildman–Crippen LogP) is 2.22. The van der Waals surface area contributed by atoms with Crippen molar-refractivity contribution in [1.29, 1.82) is 0 Å². The van der Waals surface area contributed by atoms with E-state index in [0.717, 1.165) is 11.3 Å². The van der Waals surface area contributed by atoms with E-state index in [1.165, 1.54) is 0 Å². The van der Waals surface area contributed by atoms with Crippen molar-refractivity contribution in [3.8, 4) is 17.0 Å². The van der Waals surface area contributed by atoms with E-state index in [1.54, 1.807) is 13.2 Å². The molecule has 1 aromatic carbocycles. The van der Waals surface area contributed by atoms with Crippen LogP contribution >= 0.6 is 0 Å². The van der Waals surface area contributed by atoms with Gasteiger partial charge in [-0.2, -0.15) is 5.10 Å². The van der Waals surface area contributed by atoms with Crippen LogP contribution < -0.4 is 10.1 Å². The van der Waals surface area contributed by atoms with Crippen molar-refractivity contribution < 1.29 is 14.6 Å². The second kappa shape index (κ2) is 7.28. The number of methoxy groups -OCH3 is 1. The van der Waals surface area contributed by atoms with Crippen LogP contribution in [-0.4, -0.2) is 41.5 Å². The fraction of sp³-hybridized carbons (Fsp3) is 0.412. The molecule has 0 saturated carbocycles. The second-order valence-electron chi connectivity index (χ2n) is 6.22. The Labute approximate surface area is 135 Å². The van der Waals surface area contributed by atoms with E-state index < -0.39 is 0 Å². The van der Waals surface area contributed by atoms with E-state index in [2.05, 4.69) is 15.5 Å². The smallest absolute Gasteiger partial charge is 0.269 e. The van der Waals surface area contributed by atoms with Gasteiger partial charge in [-0.25, -0.2) is 0 Å². The Morgan fingerprint density at radius 2 is 2.17 bits per heavy atom. The first-order valence-electron chi connectivity index (χ1n) is 7.54. The van der Waals surface area contributed by atoms with Gasteiger partial charge in [0.25, 0.3) is 5.91 Å². The minimum Gasteiger partial charge on any atom is -0.497 e. The lowest BCUT2D eigenvalue weighted by atomic mass is 9.90. The van der Waals surface area contributed by atoms with Gasteiger partial charge in [0, 0.05) is 18.7 Å². The second-order valence-corrected chi connectivity index (χ2v) is 6.22. The van der Waals surface area contributed by atoms with Crippen molar-refractivity contribution in [3.05, 3.63) is 36.0 Å². The maximum absolute atomic E-state index is 12.2. The zero-order valence-electron chi connectivity index (χ0n) is 13.7. The molecule has 0 radical (unpaired) electrons. The molecular weight excluding hydrogens is 294 g/mol. The summed E-state index contributed by atoms with van der Waals surface area (Å²) in [6, 6.07) is 9.21. The Balaban J connectivity index is 2.05. The molecule has 0 aliphatic rings. The Morgan fingerprint density at radius 3 is 2.87 bits per heavy atom. The molecule has 0 fully saturated rings. The zero-order chi connectivity index (χ0) is 16.9. The number of aliphatic hydroxyl groups is 1. The Hall–Kier alpha value is -2.34. The number of hydrogen-bond donors (Lipinski definition) is 3. The molecule has 0 aliphatic carbocycles. The van der Waals surface area contributed by atoms with Crippen molar-refractivity contribution in [2.45, 2.75) is 20.3 Å². The number of nitrogens with zero attached hydrogens (tertiary/aromatic N) is 1. The number of aromatic nitrogens is 2. The highest BCUT2D eigenvalue weighted by Crippen LogP contribution is 2.23. The van der Waals surface area contributed by atoms with Gasteiger partial charge in [0.05, 0.1) is 12.8 Å². The summed E-state index contributed by atoms with van der Waals surface area (Å²) in [4.78, 5) is 12.2. The summed E-state index contributed by atoms with van der Waals surface area (Å²) in [5.74, 6) is 0.528. The summed E-state index contributed by atoms with van der Waals surface area (Å²) in [5.41, 5.74) is 1.81. The van der Waals surface area contributed by atoms with Crippen LogP contribution in [0.2, 0.25) is 0 Å². The molecule has 6 heteroatoms. The molecule has 6 nitrogen and oxygen atoms in total. The minimum absolute atomic E-state index is 0.104. The summed E-state index contributed by atoms with van der Waals surface area (Å²) in [6.45, 7) is 4.59. The number of nitrogens with one attached hydrogen (secondary N) is 2. The molecule has 1 heterocycles. The standard InChI is InChI=1S/C17H23N3O3/c1-17(2,7-8-21)11-18-16(22)15-10-14(19-20-15)12-5-4-6-13(9-12)23-3/h4-6,9-10,21H,7-8,11H2,1-3H3,(H,18,22)(H,19,20). The topological polar surface area (TPSA) is 87.2 Å². The molecule has 0 unspecified atom stereocenters. The van der Waals surface area contributed by atoms with Gasteiger partial charge in [-0.05, 0) is 30.0 Å². The van der Waals surface area contributed by atoms with Gasteiger partial charge in [-0.3, -0.25) is 9.89 Å². The van der Waals surface area contributed by atoms with Crippen molar-refractivity contribution in [2.24, 2.45) is 5.41 Å². The Morgan fingerprint density at radius 1 is 1.39 bits per heavy atom. The summed E-state index contributed by atoms with van der Waals surface area (Å²) >= 11 is 0. The number of H-pyrrole nitrogens is 1. The van der Waals surface area contributed by atoms with Crippen LogP contribution in [0.1, 0.15) is 30.8 Å². The summed E-state index contributed by atoms with van der Waals surface area (Å²) in [6.07, 6.45) is 0.630. The third kappa shape index (κ3) is 4.56. The number of carbonyl (C=O) groups excluding carboxylic acids is 1. The van der Waals surface area contributed by atoms with Crippen LogP contribution in [0.5, 0.6) is 5.75 Å². The first-order chi connectivity index (χ1) is 10.9. The van der Waals surface area contributed by atoms with Crippen LogP contribution in [0.3, 0.4) is 0 Å². The molecule has 124 valence electrons. The molecule has 1 amide bonds. The molecule has 2 aromatic rings. The monoisotopic (exact) mass is 317 g/mol. The molecule has 0 spiro atoms. The molecular formula is C17H23N3O3. The van der Waals surface area contributed by atoms with Gasteiger partial charge in [-0.15, -0.1) is 0 Å². The van der Waals surface area contributed by atoms with Gasteiger partial charge >= 0.3 is 0 Å². The lowest BCUT2D eigenvalue weighted by Crippen LogP contribution is -2.34. The molecule has 1 aromatic heterocycles. The predicted molar refractivity (Wildman–Crippen MR) is 88.4 cm³/mol. The van der Waals surface area contributed by atoms with E-state index in [1.807, 2.05) is 38.1 Å². The van der Waals surface area contributed by atoms with Crippen molar-refractivity contribution in [2.75, 3.05) is 20.3 Å². The Kier molecular flexibility index (Phi) is 5.39. The number of rotatable bonds is 7. The van der Waals surface area contributed by atoms with Crippen LogP contribution in [0.15, 0.2) is 30.3 Å². The minimum atomic E-state index is -0.210. The van der Waals surface area contributed by atoms with E-state index in [0.29, 0.717) is 24.4 Å². The molecule has 2 rings (SSSR count). The number of ether oxygens (including phenoxy) is 1. The van der Waals surface area contributed by atoms with Gasteiger partial charge in [0.1, 0.15) is 11.4 Å². The number of aromatic amines is 1. The van der Waals surface area contributed by atoms with Gasteiger partial charge in [0.2, 0.25) is 0 Å². The van der Waals surface area contributed by atoms with E-state index in [-0.39, 0.29) is 17.9 Å². The SMILES string of the molecule is COc1cccc(-c2cc(C(=O)NCC(C)(C)CCO)[nH]n2)c1. The first-order valence-corrected chi connectivity index (χ1v) is 7.54. The Bertz CT molecular complexity index is 665. The average Bonchev–Trinajstić information content (AvgIpc) is 3.03. The van der Waals surface area contributed by atoms with Crippen molar-refractivity contribution in [1.82, 2.24) is 15.5 Å². The largest absolute Gasteiger partial charge is 0.497 e. The van der Waals surface area contributed by atoms with Crippen LogP contribution in [0.4, 0.5) is 0 Å². The highest BCUT2D eigenvalue weighted by molar-refractivity contribution is 5.93. The van der Waals surface area contributed by atoms with Crippen molar-refractivity contribution >= 4 is 5.91 Å². The highest BCUT2D eigenvalue weighted by atomic mass is 16.5. The number of benzene rings is 1. The molecule has 0 atom stereocenters. The summed E-state index contributed by atoms with van der Waals surface area (Å²) < 4.78 is 5.19. The fourth-order valence-corrected chi connectivity index (χ4v) is 2.17.